The van der Waals surface area contributed by atoms with Gasteiger partial charge in [-0.05, 0) is 38.2 Å². The topological polar surface area (TPSA) is 88.9 Å². The SMILES string of the molecule is CNCc1ccn(-c2cc(Nc3nc(C)cc(NC)n3)ccc2OC)n1. The van der Waals surface area contributed by atoms with Crippen LogP contribution in [0.2, 0.25) is 0 Å². The van der Waals surface area contributed by atoms with E-state index in [2.05, 4.69) is 31.0 Å². The Bertz CT molecular complexity index is 891. The van der Waals surface area contributed by atoms with Crippen molar-refractivity contribution in [1.82, 2.24) is 25.1 Å². The number of hydrogen-bond donors (Lipinski definition) is 3. The molecule has 0 aliphatic heterocycles. The zero-order valence-electron chi connectivity index (χ0n) is 15.4. The molecule has 0 saturated heterocycles. The average Bonchev–Trinajstić information content (AvgIpc) is 3.10. The van der Waals surface area contributed by atoms with Gasteiger partial charge in [-0.25, -0.2) is 9.67 Å². The van der Waals surface area contributed by atoms with Crippen molar-refractivity contribution >= 4 is 17.5 Å². The van der Waals surface area contributed by atoms with E-state index in [4.69, 9.17) is 4.74 Å². The molecule has 0 unspecified atom stereocenters. The number of nitrogens with one attached hydrogen (secondary N) is 3. The smallest absolute Gasteiger partial charge is 0.229 e. The van der Waals surface area contributed by atoms with E-state index in [1.165, 1.54) is 0 Å². The molecule has 2 aromatic heterocycles. The summed E-state index contributed by atoms with van der Waals surface area (Å²) in [6.07, 6.45) is 1.91. The van der Waals surface area contributed by atoms with Gasteiger partial charge < -0.3 is 20.7 Å². The zero-order valence-corrected chi connectivity index (χ0v) is 15.4. The molecule has 0 fully saturated rings. The van der Waals surface area contributed by atoms with Crippen LogP contribution in [-0.2, 0) is 6.54 Å². The van der Waals surface area contributed by atoms with Crippen molar-refractivity contribution in [2.45, 2.75) is 13.5 Å². The summed E-state index contributed by atoms with van der Waals surface area (Å²) in [5.41, 5.74) is 3.51. The van der Waals surface area contributed by atoms with Crippen molar-refractivity contribution in [1.29, 1.82) is 0 Å². The Hall–Kier alpha value is -3.13. The fourth-order valence-electron chi connectivity index (χ4n) is 2.60. The predicted octanol–water partition coefficient (Wildman–Crippen LogP) is 2.48. The normalized spacial score (nSPS) is 10.6. The second kappa shape index (κ2) is 7.83. The molecule has 8 heteroatoms. The molecule has 1 aromatic carbocycles. The van der Waals surface area contributed by atoms with Gasteiger partial charge in [0.2, 0.25) is 5.95 Å². The van der Waals surface area contributed by atoms with Crippen molar-refractivity contribution in [3.63, 3.8) is 0 Å². The number of ether oxygens (including phenoxy) is 1. The lowest BCUT2D eigenvalue weighted by Gasteiger charge is -2.12. The maximum Gasteiger partial charge on any atom is 0.229 e. The third-order valence-corrected chi connectivity index (χ3v) is 3.79. The van der Waals surface area contributed by atoms with Gasteiger partial charge in [0.15, 0.2) is 0 Å². The van der Waals surface area contributed by atoms with Crippen LogP contribution >= 0.6 is 0 Å². The van der Waals surface area contributed by atoms with Crippen LogP contribution in [0.3, 0.4) is 0 Å². The third kappa shape index (κ3) is 3.92. The number of nitrogens with zero attached hydrogens (tertiary/aromatic N) is 4. The predicted molar refractivity (Wildman–Crippen MR) is 102 cm³/mol. The van der Waals surface area contributed by atoms with Gasteiger partial charge in [-0.3, -0.25) is 0 Å². The first-order valence-electron chi connectivity index (χ1n) is 8.31. The summed E-state index contributed by atoms with van der Waals surface area (Å²) in [6.45, 7) is 2.64. The lowest BCUT2D eigenvalue weighted by atomic mass is 10.2. The lowest BCUT2D eigenvalue weighted by Crippen LogP contribution is -2.07. The summed E-state index contributed by atoms with van der Waals surface area (Å²) >= 11 is 0. The second-order valence-electron chi connectivity index (χ2n) is 5.76. The molecule has 0 amide bonds. The van der Waals surface area contributed by atoms with Gasteiger partial charge in [0.05, 0.1) is 12.8 Å². The van der Waals surface area contributed by atoms with Gasteiger partial charge in [0.25, 0.3) is 0 Å². The second-order valence-corrected chi connectivity index (χ2v) is 5.76. The fraction of sp³-hybridized carbons (Fsp3) is 0.278. The van der Waals surface area contributed by atoms with Crippen molar-refractivity contribution in [3.8, 4) is 11.4 Å². The van der Waals surface area contributed by atoms with Crippen LogP contribution in [0, 0.1) is 6.92 Å². The summed E-state index contributed by atoms with van der Waals surface area (Å²) in [6, 6.07) is 9.63. The van der Waals surface area contributed by atoms with Gasteiger partial charge in [-0.2, -0.15) is 10.1 Å². The van der Waals surface area contributed by atoms with Crippen molar-refractivity contribution in [3.05, 3.63) is 47.9 Å². The van der Waals surface area contributed by atoms with Gasteiger partial charge in [0.1, 0.15) is 17.3 Å². The Morgan fingerprint density at radius 2 is 1.96 bits per heavy atom. The number of anilines is 3. The minimum Gasteiger partial charge on any atom is -0.494 e. The van der Waals surface area contributed by atoms with Gasteiger partial charge >= 0.3 is 0 Å². The summed E-state index contributed by atoms with van der Waals surface area (Å²) in [4.78, 5) is 8.85. The molecule has 0 spiro atoms. The number of rotatable bonds is 7. The summed E-state index contributed by atoms with van der Waals surface area (Å²) < 4.78 is 7.28. The molecule has 0 radical (unpaired) electrons. The van der Waals surface area contributed by atoms with Crippen LogP contribution in [0.15, 0.2) is 36.5 Å². The average molecular weight is 353 g/mol. The molecule has 26 heavy (non-hydrogen) atoms. The Morgan fingerprint density at radius 1 is 1.12 bits per heavy atom. The molecular formula is C18H23N7O. The van der Waals surface area contributed by atoms with Crippen LogP contribution < -0.4 is 20.7 Å². The first kappa shape index (κ1) is 17.7. The molecule has 0 saturated carbocycles. The van der Waals surface area contributed by atoms with Gasteiger partial charge in [0, 0.05) is 37.2 Å². The summed E-state index contributed by atoms with van der Waals surface area (Å²) in [5.74, 6) is 2.02. The van der Waals surface area contributed by atoms with E-state index in [-0.39, 0.29) is 0 Å². The summed E-state index contributed by atoms with van der Waals surface area (Å²) in [7, 11) is 5.37. The summed E-state index contributed by atoms with van der Waals surface area (Å²) in [5, 5.41) is 13.9. The van der Waals surface area contributed by atoms with Gasteiger partial charge in [-0.15, -0.1) is 0 Å². The molecule has 0 aliphatic carbocycles. The number of aryl methyl sites for hydroxylation is 1. The monoisotopic (exact) mass is 353 g/mol. The largest absolute Gasteiger partial charge is 0.494 e. The van der Waals surface area contributed by atoms with E-state index < -0.39 is 0 Å². The third-order valence-electron chi connectivity index (χ3n) is 3.79. The minimum absolute atomic E-state index is 0.529. The zero-order chi connectivity index (χ0) is 18.5. The molecule has 3 aromatic rings. The Kier molecular flexibility index (Phi) is 5.33. The molecule has 3 N–H and O–H groups in total. The van der Waals surface area contributed by atoms with E-state index in [9.17, 15) is 0 Å². The number of methoxy groups -OCH3 is 1. The van der Waals surface area contributed by atoms with Crippen LogP contribution in [0.5, 0.6) is 5.75 Å². The van der Waals surface area contributed by atoms with Crippen LogP contribution in [-0.4, -0.2) is 41.0 Å². The van der Waals surface area contributed by atoms with Crippen molar-refractivity contribution < 1.29 is 4.74 Å². The van der Waals surface area contributed by atoms with E-state index in [1.54, 1.807) is 11.8 Å². The molecular weight excluding hydrogens is 330 g/mol. The van der Waals surface area contributed by atoms with Crippen LogP contribution in [0.25, 0.3) is 5.69 Å². The molecule has 0 bridgehead atoms. The molecule has 3 rings (SSSR count). The maximum absolute atomic E-state index is 5.48. The lowest BCUT2D eigenvalue weighted by molar-refractivity contribution is 0.411. The van der Waals surface area contributed by atoms with E-state index in [1.807, 2.05) is 57.5 Å². The van der Waals surface area contributed by atoms with Crippen molar-refractivity contribution in [2.24, 2.45) is 0 Å². The molecule has 0 aliphatic rings. The standard InChI is InChI=1S/C18H23N7O/c1-12-9-17(20-3)23-18(21-12)22-13-5-6-16(26-4)15(10-13)25-8-7-14(24-25)11-19-2/h5-10,19H,11H2,1-4H3,(H2,20,21,22,23). The Morgan fingerprint density at radius 3 is 2.69 bits per heavy atom. The maximum atomic E-state index is 5.48. The molecule has 0 atom stereocenters. The highest BCUT2D eigenvalue weighted by Crippen LogP contribution is 2.27. The molecule has 136 valence electrons. The Balaban J connectivity index is 1.93. The Labute approximate surface area is 152 Å². The van der Waals surface area contributed by atoms with E-state index in [0.717, 1.165) is 34.3 Å². The minimum atomic E-state index is 0.529. The first-order valence-corrected chi connectivity index (χ1v) is 8.31. The quantitative estimate of drug-likeness (QED) is 0.601. The van der Waals surface area contributed by atoms with Crippen LogP contribution in [0.4, 0.5) is 17.5 Å². The number of aromatic nitrogens is 4. The van der Waals surface area contributed by atoms with E-state index in [0.29, 0.717) is 12.5 Å². The fourth-order valence-corrected chi connectivity index (χ4v) is 2.60. The highest BCUT2D eigenvalue weighted by molar-refractivity contribution is 5.62. The molecule has 2 heterocycles. The number of hydrogen-bond acceptors (Lipinski definition) is 7. The highest BCUT2D eigenvalue weighted by Gasteiger charge is 2.10. The highest BCUT2D eigenvalue weighted by atomic mass is 16.5. The molecule has 8 nitrogen and oxygen atoms in total. The number of benzene rings is 1. The van der Waals surface area contributed by atoms with E-state index >= 15 is 0 Å². The van der Waals surface area contributed by atoms with Crippen LogP contribution in [0.1, 0.15) is 11.4 Å². The van der Waals surface area contributed by atoms with Gasteiger partial charge in [-0.1, -0.05) is 0 Å². The van der Waals surface area contributed by atoms with Crippen molar-refractivity contribution in [2.75, 3.05) is 31.8 Å². The first-order chi connectivity index (χ1) is 12.6.